The van der Waals surface area contributed by atoms with Gasteiger partial charge in [-0.15, -0.1) is 0 Å². The van der Waals surface area contributed by atoms with Gasteiger partial charge in [0.1, 0.15) is 0 Å². The molecule has 1 spiro atoms. The number of nitrogens with one attached hydrogen (secondary N) is 1. The molecule has 3 heterocycles. The monoisotopic (exact) mass is 360 g/mol. The van der Waals surface area contributed by atoms with Crippen LogP contribution < -0.4 is 16.1 Å². The lowest BCUT2D eigenvalue weighted by atomic mass is 9.94. The number of hydrogen-bond acceptors (Lipinski definition) is 5. The maximum Gasteiger partial charge on any atom is 0.330 e. The first-order valence-electron chi connectivity index (χ1n) is 9.15. The fraction of sp³-hybridized carbons (Fsp3) is 0.611. The molecule has 26 heavy (non-hydrogen) atoms. The van der Waals surface area contributed by atoms with Crippen LogP contribution in [0.4, 0.5) is 10.2 Å². The van der Waals surface area contributed by atoms with E-state index in [1.165, 1.54) is 4.57 Å². The summed E-state index contributed by atoms with van der Waals surface area (Å²) in [5, 5.41) is 9.82. The molecule has 8 heteroatoms. The summed E-state index contributed by atoms with van der Waals surface area (Å²) in [6, 6.07) is 0.0191. The summed E-state index contributed by atoms with van der Waals surface area (Å²) < 4.78 is 16.6. The smallest absolute Gasteiger partial charge is 0.330 e. The third kappa shape index (κ3) is 2.11. The molecule has 0 unspecified atom stereocenters. The number of hydrogen-bond donors (Lipinski definition) is 2. The summed E-state index contributed by atoms with van der Waals surface area (Å²) in [6.45, 7) is 2.84. The zero-order valence-corrected chi connectivity index (χ0v) is 14.6. The molecule has 2 aromatic rings. The summed E-state index contributed by atoms with van der Waals surface area (Å²) in [5.74, 6) is -0.209. The van der Waals surface area contributed by atoms with Crippen molar-refractivity contribution in [2.24, 2.45) is 11.3 Å². The van der Waals surface area contributed by atoms with E-state index in [0.717, 1.165) is 25.7 Å². The average Bonchev–Trinajstić information content (AvgIpc) is 3.50. The molecule has 0 bridgehead atoms. The van der Waals surface area contributed by atoms with E-state index in [-0.39, 0.29) is 46.4 Å². The molecular formula is C18H21FN4O3. The van der Waals surface area contributed by atoms with Crippen molar-refractivity contribution in [2.75, 3.05) is 24.6 Å². The highest BCUT2D eigenvalue weighted by atomic mass is 19.1. The van der Waals surface area contributed by atoms with Gasteiger partial charge in [0, 0.05) is 37.2 Å². The second kappa shape index (κ2) is 5.16. The van der Waals surface area contributed by atoms with Crippen molar-refractivity contribution >= 4 is 16.9 Å². The Morgan fingerprint density at radius 1 is 1.35 bits per heavy atom. The molecule has 0 aromatic carbocycles. The van der Waals surface area contributed by atoms with Crippen molar-refractivity contribution < 1.29 is 9.50 Å². The van der Waals surface area contributed by atoms with Crippen LogP contribution in [0.5, 0.6) is 0 Å². The van der Waals surface area contributed by atoms with E-state index < -0.39 is 17.1 Å². The number of pyridine rings is 1. The molecule has 5 rings (SSSR count). The molecule has 0 radical (unpaired) electrons. The summed E-state index contributed by atoms with van der Waals surface area (Å²) in [6.07, 6.45) is 3.78. The average molecular weight is 360 g/mol. The number of anilines is 1. The van der Waals surface area contributed by atoms with Gasteiger partial charge in [-0.2, -0.15) is 0 Å². The first kappa shape index (κ1) is 16.0. The Balaban J connectivity index is 1.72. The van der Waals surface area contributed by atoms with E-state index in [2.05, 4.69) is 9.97 Å². The number of aliphatic hydroxyl groups is 1. The fourth-order valence-corrected chi connectivity index (χ4v) is 4.47. The van der Waals surface area contributed by atoms with Crippen LogP contribution >= 0.6 is 0 Å². The number of nitrogens with zero attached hydrogens (tertiary/aromatic N) is 3. The third-order valence-corrected chi connectivity index (χ3v) is 6.37. The van der Waals surface area contributed by atoms with Crippen molar-refractivity contribution in [2.45, 2.75) is 38.6 Å². The normalized spacial score (nSPS) is 24.0. The second-order valence-corrected chi connectivity index (χ2v) is 8.06. The Morgan fingerprint density at radius 2 is 2.08 bits per heavy atom. The fourth-order valence-electron chi connectivity index (χ4n) is 4.47. The van der Waals surface area contributed by atoms with Gasteiger partial charge in [0.05, 0.1) is 5.39 Å². The predicted octanol–water partition coefficient (Wildman–Crippen LogP) is 1.08. The van der Waals surface area contributed by atoms with Crippen LogP contribution in [0.2, 0.25) is 0 Å². The molecule has 1 saturated heterocycles. The minimum absolute atomic E-state index is 0.0191. The van der Waals surface area contributed by atoms with Gasteiger partial charge >= 0.3 is 5.69 Å². The van der Waals surface area contributed by atoms with Gasteiger partial charge in [0.2, 0.25) is 0 Å². The number of aryl methyl sites for hydroxylation is 1. The lowest BCUT2D eigenvalue weighted by Crippen LogP contribution is -2.32. The van der Waals surface area contributed by atoms with Crippen LogP contribution in [0.15, 0.2) is 9.59 Å². The van der Waals surface area contributed by atoms with Crippen molar-refractivity contribution in [1.29, 1.82) is 0 Å². The van der Waals surface area contributed by atoms with E-state index in [9.17, 15) is 14.7 Å². The molecule has 2 N–H and O–H groups in total. The van der Waals surface area contributed by atoms with Gasteiger partial charge in [-0.1, -0.05) is 0 Å². The zero-order valence-electron chi connectivity index (χ0n) is 14.6. The minimum atomic E-state index is -0.592. The van der Waals surface area contributed by atoms with Crippen molar-refractivity contribution in [3.05, 3.63) is 32.2 Å². The molecule has 3 aliphatic rings. The van der Waals surface area contributed by atoms with E-state index in [1.54, 1.807) is 6.92 Å². The molecule has 1 atom stereocenters. The zero-order chi connectivity index (χ0) is 18.2. The highest BCUT2D eigenvalue weighted by molar-refractivity contribution is 5.81. The van der Waals surface area contributed by atoms with E-state index in [1.807, 2.05) is 4.90 Å². The van der Waals surface area contributed by atoms with Crippen molar-refractivity contribution in [3.8, 4) is 0 Å². The second-order valence-electron chi connectivity index (χ2n) is 8.06. The summed E-state index contributed by atoms with van der Waals surface area (Å²) in [4.78, 5) is 33.2. The van der Waals surface area contributed by atoms with Crippen LogP contribution in [0.25, 0.3) is 11.0 Å². The van der Waals surface area contributed by atoms with Gasteiger partial charge in [-0.25, -0.2) is 14.2 Å². The maximum atomic E-state index is 15.1. The van der Waals surface area contributed by atoms with Gasteiger partial charge in [-0.05, 0) is 38.0 Å². The van der Waals surface area contributed by atoms with Crippen LogP contribution in [0.1, 0.15) is 37.3 Å². The minimum Gasteiger partial charge on any atom is -0.396 e. The van der Waals surface area contributed by atoms with E-state index in [0.29, 0.717) is 13.1 Å². The molecule has 138 valence electrons. The number of rotatable bonds is 3. The Kier molecular flexibility index (Phi) is 3.17. The molecule has 0 amide bonds. The third-order valence-electron chi connectivity index (χ3n) is 6.37. The number of halogens is 1. The molecule has 2 saturated carbocycles. The first-order chi connectivity index (χ1) is 12.4. The SMILES string of the molecule is Cc1c(F)c(N2C[C@H](CO)C3(CC3)C2)nc2c1c(=O)[nH]c(=O)n2C1CC1. The highest BCUT2D eigenvalue weighted by Gasteiger charge is 2.55. The Morgan fingerprint density at radius 3 is 2.65 bits per heavy atom. The molecule has 2 aliphatic carbocycles. The lowest BCUT2D eigenvalue weighted by molar-refractivity contribution is 0.197. The molecule has 1 aliphatic heterocycles. The van der Waals surface area contributed by atoms with E-state index in [4.69, 9.17) is 0 Å². The van der Waals surface area contributed by atoms with Crippen LogP contribution in [-0.4, -0.2) is 39.3 Å². The number of aromatic amines is 1. The van der Waals surface area contributed by atoms with Gasteiger partial charge in [0.15, 0.2) is 17.3 Å². The number of fused-ring (bicyclic) bond motifs is 1. The molecule has 7 nitrogen and oxygen atoms in total. The van der Waals surface area contributed by atoms with Crippen LogP contribution in [0.3, 0.4) is 0 Å². The van der Waals surface area contributed by atoms with Gasteiger partial charge < -0.3 is 10.0 Å². The molecule has 3 fully saturated rings. The van der Waals surface area contributed by atoms with E-state index >= 15 is 4.39 Å². The van der Waals surface area contributed by atoms with Crippen molar-refractivity contribution in [3.63, 3.8) is 0 Å². The number of H-pyrrole nitrogens is 1. The predicted molar refractivity (Wildman–Crippen MR) is 94.0 cm³/mol. The topological polar surface area (TPSA) is 91.2 Å². The Labute approximate surface area is 148 Å². The summed E-state index contributed by atoms with van der Waals surface area (Å²) in [5.41, 5.74) is -0.519. The molecule has 2 aromatic heterocycles. The molecular weight excluding hydrogens is 339 g/mol. The Hall–Kier alpha value is -2.22. The number of aromatic nitrogens is 3. The van der Waals surface area contributed by atoms with Crippen LogP contribution in [-0.2, 0) is 0 Å². The van der Waals surface area contributed by atoms with Crippen LogP contribution in [0, 0.1) is 24.1 Å². The summed E-state index contributed by atoms with van der Waals surface area (Å²) in [7, 11) is 0. The van der Waals surface area contributed by atoms with Gasteiger partial charge in [-0.3, -0.25) is 14.3 Å². The van der Waals surface area contributed by atoms with Crippen molar-refractivity contribution in [1.82, 2.24) is 14.5 Å². The first-order valence-corrected chi connectivity index (χ1v) is 9.15. The number of aliphatic hydroxyl groups excluding tert-OH is 1. The summed E-state index contributed by atoms with van der Waals surface area (Å²) >= 11 is 0. The quantitative estimate of drug-likeness (QED) is 0.855. The largest absolute Gasteiger partial charge is 0.396 e. The highest BCUT2D eigenvalue weighted by Crippen LogP contribution is 2.56. The van der Waals surface area contributed by atoms with Gasteiger partial charge in [0.25, 0.3) is 5.56 Å². The lowest BCUT2D eigenvalue weighted by Gasteiger charge is -2.20. The standard InChI is InChI=1S/C18H21FN4O3/c1-9-12-14(23(11-2-3-11)17(26)21-16(12)25)20-15(13(9)19)22-6-10(7-24)18(8-22)4-5-18/h10-11,24H,2-8H2,1H3,(H,21,25,26)/t10-/m1/s1. The Bertz CT molecular complexity index is 1040. The maximum absolute atomic E-state index is 15.1.